The number of nitrogens with one attached hydrogen (secondary N) is 1. The van der Waals surface area contributed by atoms with Gasteiger partial charge in [-0.2, -0.15) is 0 Å². The SMILES string of the molecule is O=C(CCC1CCNCC1)Oc1cccc(Cl)c1. The highest BCUT2D eigenvalue weighted by Crippen LogP contribution is 2.20. The van der Waals surface area contributed by atoms with E-state index in [4.69, 9.17) is 16.3 Å². The predicted molar refractivity (Wildman–Crippen MR) is 71.9 cm³/mol. The molecule has 1 aromatic rings. The summed E-state index contributed by atoms with van der Waals surface area (Å²) in [7, 11) is 0. The van der Waals surface area contributed by atoms with Crippen molar-refractivity contribution in [3.63, 3.8) is 0 Å². The highest BCUT2D eigenvalue weighted by atomic mass is 35.5. The van der Waals surface area contributed by atoms with Gasteiger partial charge >= 0.3 is 5.97 Å². The Balaban J connectivity index is 1.74. The second-order valence-corrected chi connectivity index (χ2v) is 5.10. The fourth-order valence-corrected chi connectivity index (χ4v) is 2.39. The van der Waals surface area contributed by atoms with E-state index < -0.39 is 0 Å². The van der Waals surface area contributed by atoms with Crippen LogP contribution in [0.4, 0.5) is 0 Å². The lowest BCUT2D eigenvalue weighted by Gasteiger charge is -2.21. The van der Waals surface area contributed by atoms with E-state index in [1.165, 1.54) is 0 Å². The quantitative estimate of drug-likeness (QED) is 0.673. The molecule has 0 amide bonds. The zero-order chi connectivity index (χ0) is 12.8. The Labute approximate surface area is 112 Å². The van der Waals surface area contributed by atoms with Gasteiger partial charge in [0.2, 0.25) is 0 Å². The van der Waals surface area contributed by atoms with Crippen molar-refractivity contribution in [3.05, 3.63) is 29.3 Å². The fraction of sp³-hybridized carbons (Fsp3) is 0.500. The normalized spacial score (nSPS) is 16.5. The molecule has 1 saturated heterocycles. The number of benzene rings is 1. The lowest BCUT2D eigenvalue weighted by Crippen LogP contribution is -2.28. The second-order valence-electron chi connectivity index (χ2n) is 4.66. The van der Waals surface area contributed by atoms with E-state index in [1.54, 1.807) is 24.3 Å². The molecule has 0 saturated carbocycles. The average Bonchev–Trinajstić information content (AvgIpc) is 2.38. The first-order valence-electron chi connectivity index (χ1n) is 6.41. The Morgan fingerprint density at radius 2 is 2.17 bits per heavy atom. The van der Waals surface area contributed by atoms with E-state index >= 15 is 0 Å². The molecule has 1 aromatic carbocycles. The fourth-order valence-electron chi connectivity index (χ4n) is 2.21. The van der Waals surface area contributed by atoms with Crippen LogP contribution in [0.15, 0.2) is 24.3 Å². The average molecular weight is 268 g/mol. The summed E-state index contributed by atoms with van der Waals surface area (Å²) in [5.74, 6) is 1.01. The van der Waals surface area contributed by atoms with E-state index in [2.05, 4.69) is 5.32 Å². The molecule has 0 spiro atoms. The number of carbonyl (C=O) groups excluding carboxylic acids is 1. The van der Waals surface area contributed by atoms with Crippen molar-refractivity contribution < 1.29 is 9.53 Å². The third-order valence-corrected chi connectivity index (χ3v) is 3.48. The summed E-state index contributed by atoms with van der Waals surface area (Å²) in [4.78, 5) is 11.7. The van der Waals surface area contributed by atoms with Gasteiger partial charge in [0.05, 0.1) is 0 Å². The number of piperidine rings is 1. The van der Waals surface area contributed by atoms with Gasteiger partial charge in [0, 0.05) is 11.4 Å². The first kappa shape index (κ1) is 13.4. The topological polar surface area (TPSA) is 38.3 Å². The third-order valence-electron chi connectivity index (χ3n) is 3.24. The summed E-state index contributed by atoms with van der Waals surface area (Å²) in [6, 6.07) is 6.93. The van der Waals surface area contributed by atoms with Crippen molar-refractivity contribution in [1.82, 2.24) is 5.32 Å². The summed E-state index contributed by atoms with van der Waals surface area (Å²) in [6.07, 6.45) is 3.72. The summed E-state index contributed by atoms with van der Waals surface area (Å²) in [6.45, 7) is 2.13. The van der Waals surface area contributed by atoms with E-state index in [1.807, 2.05) is 0 Å². The van der Waals surface area contributed by atoms with Gasteiger partial charge < -0.3 is 10.1 Å². The summed E-state index contributed by atoms with van der Waals surface area (Å²) >= 11 is 5.83. The molecular weight excluding hydrogens is 250 g/mol. The Kier molecular flexibility index (Phi) is 5.02. The third kappa shape index (κ3) is 4.31. The van der Waals surface area contributed by atoms with Crippen LogP contribution in [0.3, 0.4) is 0 Å². The maximum absolute atomic E-state index is 11.7. The molecule has 1 aliphatic rings. The van der Waals surface area contributed by atoms with Gasteiger partial charge in [0.25, 0.3) is 0 Å². The molecule has 1 heterocycles. The number of halogens is 1. The van der Waals surface area contributed by atoms with Gasteiger partial charge in [0.1, 0.15) is 5.75 Å². The summed E-state index contributed by atoms with van der Waals surface area (Å²) in [5.41, 5.74) is 0. The zero-order valence-corrected chi connectivity index (χ0v) is 11.1. The van der Waals surface area contributed by atoms with Crippen LogP contribution in [0.1, 0.15) is 25.7 Å². The minimum Gasteiger partial charge on any atom is -0.426 e. The zero-order valence-electron chi connectivity index (χ0n) is 10.3. The smallest absolute Gasteiger partial charge is 0.311 e. The number of esters is 1. The van der Waals surface area contributed by atoms with Gasteiger partial charge in [0.15, 0.2) is 0 Å². The standard InChI is InChI=1S/C14H18ClNO2/c15-12-2-1-3-13(10-12)18-14(17)5-4-11-6-8-16-9-7-11/h1-3,10-11,16H,4-9H2. The molecule has 0 aromatic heterocycles. The number of ether oxygens (including phenoxy) is 1. The molecular formula is C14H18ClNO2. The molecule has 1 aliphatic heterocycles. The number of carbonyl (C=O) groups is 1. The number of hydrogen-bond acceptors (Lipinski definition) is 3. The molecule has 98 valence electrons. The van der Waals surface area contributed by atoms with Crippen LogP contribution in [0.2, 0.25) is 5.02 Å². The molecule has 0 bridgehead atoms. The molecule has 0 atom stereocenters. The van der Waals surface area contributed by atoms with Crippen molar-refractivity contribution in [1.29, 1.82) is 0 Å². The molecule has 0 unspecified atom stereocenters. The molecule has 1 N–H and O–H groups in total. The second kappa shape index (κ2) is 6.76. The largest absolute Gasteiger partial charge is 0.426 e. The van der Waals surface area contributed by atoms with Crippen molar-refractivity contribution in [2.24, 2.45) is 5.92 Å². The highest BCUT2D eigenvalue weighted by Gasteiger charge is 2.15. The molecule has 0 radical (unpaired) electrons. The number of hydrogen-bond donors (Lipinski definition) is 1. The molecule has 18 heavy (non-hydrogen) atoms. The van der Waals surface area contributed by atoms with Crippen molar-refractivity contribution in [2.45, 2.75) is 25.7 Å². The first-order chi connectivity index (χ1) is 8.74. The predicted octanol–water partition coefficient (Wildman–Crippen LogP) is 3.03. The number of rotatable bonds is 4. The minimum atomic E-state index is -0.171. The Morgan fingerprint density at radius 1 is 1.39 bits per heavy atom. The van der Waals surface area contributed by atoms with E-state index in [0.29, 0.717) is 23.1 Å². The van der Waals surface area contributed by atoms with Gasteiger partial charge in [-0.25, -0.2) is 0 Å². The van der Waals surface area contributed by atoms with Crippen molar-refractivity contribution in [2.75, 3.05) is 13.1 Å². The van der Waals surface area contributed by atoms with Crippen molar-refractivity contribution >= 4 is 17.6 Å². The van der Waals surface area contributed by atoms with Crippen LogP contribution in [0.25, 0.3) is 0 Å². The highest BCUT2D eigenvalue weighted by molar-refractivity contribution is 6.30. The first-order valence-corrected chi connectivity index (χ1v) is 6.79. The molecule has 2 rings (SSSR count). The van der Waals surface area contributed by atoms with Crippen molar-refractivity contribution in [3.8, 4) is 5.75 Å². The van der Waals surface area contributed by atoms with Gasteiger partial charge in [-0.3, -0.25) is 4.79 Å². The van der Waals surface area contributed by atoms with E-state index in [9.17, 15) is 4.79 Å². The van der Waals surface area contributed by atoms with Gasteiger partial charge in [-0.15, -0.1) is 0 Å². The maximum atomic E-state index is 11.7. The van der Waals surface area contributed by atoms with E-state index in [0.717, 1.165) is 32.4 Å². The maximum Gasteiger partial charge on any atom is 0.311 e. The Bertz CT molecular complexity index is 403. The molecule has 1 fully saturated rings. The van der Waals surface area contributed by atoms with Gasteiger partial charge in [-0.1, -0.05) is 17.7 Å². The molecule has 4 heteroatoms. The monoisotopic (exact) mass is 267 g/mol. The lowest BCUT2D eigenvalue weighted by atomic mass is 9.93. The van der Waals surface area contributed by atoms with Gasteiger partial charge in [-0.05, 0) is 56.5 Å². The summed E-state index contributed by atoms with van der Waals surface area (Å²) < 4.78 is 5.25. The Morgan fingerprint density at radius 3 is 2.89 bits per heavy atom. The van der Waals surface area contributed by atoms with Crippen LogP contribution in [-0.4, -0.2) is 19.1 Å². The van der Waals surface area contributed by atoms with Crippen LogP contribution in [0.5, 0.6) is 5.75 Å². The van der Waals surface area contributed by atoms with Crippen LogP contribution in [-0.2, 0) is 4.79 Å². The van der Waals surface area contributed by atoms with Crippen LogP contribution < -0.4 is 10.1 Å². The molecule has 0 aliphatic carbocycles. The molecule has 3 nitrogen and oxygen atoms in total. The van der Waals surface area contributed by atoms with Crippen LogP contribution >= 0.6 is 11.6 Å². The van der Waals surface area contributed by atoms with Crippen LogP contribution in [0, 0.1) is 5.92 Å². The van der Waals surface area contributed by atoms with E-state index in [-0.39, 0.29) is 5.97 Å². The lowest BCUT2D eigenvalue weighted by molar-refractivity contribution is -0.134. The minimum absolute atomic E-state index is 0.171. The summed E-state index contributed by atoms with van der Waals surface area (Å²) in [5, 5.41) is 3.90. The Hall–Kier alpha value is -1.06.